The summed E-state index contributed by atoms with van der Waals surface area (Å²) >= 11 is 0. The summed E-state index contributed by atoms with van der Waals surface area (Å²) in [5.74, 6) is 1.65. The zero-order valence-corrected chi connectivity index (χ0v) is 26.2. The molecule has 194 valence electrons. The van der Waals surface area contributed by atoms with E-state index in [2.05, 4.69) is 143 Å². The van der Waals surface area contributed by atoms with E-state index >= 15 is 0 Å². The third kappa shape index (κ3) is 6.20. The molecule has 0 saturated carbocycles. The third-order valence-corrected chi connectivity index (χ3v) is 16.1. The highest BCUT2D eigenvalue weighted by Gasteiger charge is 2.45. The van der Waals surface area contributed by atoms with Crippen LogP contribution in [-0.4, -0.2) is 15.4 Å². The summed E-state index contributed by atoms with van der Waals surface area (Å²) in [6.07, 6.45) is 0.905. The van der Waals surface area contributed by atoms with Crippen LogP contribution < -0.4 is 42.1 Å². The highest BCUT2D eigenvalue weighted by Crippen LogP contribution is 2.58. The van der Waals surface area contributed by atoms with Crippen LogP contribution in [0.2, 0.25) is 18.1 Å². The minimum absolute atomic E-state index is 0. The molecule has 0 aliphatic carbocycles. The predicted molar refractivity (Wildman–Crippen MR) is 160 cm³/mol. The van der Waals surface area contributed by atoms with E-state index < -0.39 is 15.6 Å². The monoisotopic (exact) mass is 592 g/mol. The quantitative estimate of drug-likeness (QED) is 0.220. The van der Waals surface area contributed by atoms with Crippen molar-refractivity contribution in [2.75, 3.05) is 7.11 Å². The van der Waals surface area contributed by atoms with Crippen LogP contribution in [0.1, 0.15) is 26.3 Å². The Morgan fingerprint density at radius 2 is 1.08 bits per heavy atom. The van der Waals surface area contributed by atoms with Crippen LogP contribution in [0, 0.1) is 0 Å². The number of ether oxygens (including phenoxy) is 1. The lowest BCUT2D eigenvalue weighted by Crippen LogP contribution is -3.00. The van der Waals surface area contributed by atoms with Gasteiger partial charge in [0.1, 0.15) is 28.9 Å². The molecule has 5 heteroatoms. The van der Waals surface area contributed by atoms with Gasteiger partial charge in [0.05, 0.1) is 13.3 Å². The second-order valence-corrected chi connectivity index (χ2v) is 19.0. The van der Waals surface area contributed by atoms with Crippen molar-refractivity contribution in [1.82, 2.24) is 0 Å². The molecule has 0 N–H and O–H groups in total. The van der Waals surface area contributed by atoms with E-state index in [-0.39, 0.29) is 22.0 Å². The molecule has 0 saturated heterocycles. The summed E-state index contributed by atoms with van der Waals surface area (Å²) in [6, 6.07) is 39.5. The largest absolute Gasteiger partial charge is 1.00 e. The SMILES string of the molecule is COc1cc(C[P+](c2ccccc2)(c2ccccc2)c2ccccc2)ccc1O[Si](C)(C)C(C)(C)C.[Br-]. The fourth-order valence-electron chi connectivity index (χ4n) is 4.37. The lowest BCUT2D eigenvalue weighted by molar-refractivity contribution is -0.00000841. The first kappa shape index (κ1) is 29.2. The predicted octanol–water partition coefficient (Wildman–Crippen LogP) is 4.58. The molecule has 2 nitrogen and oxygen atoms in total. The lowest BCUT2D eigenvalue weighted by Gasteiger charge is -2.36. The molecule has 0 spiro atoms. The van der Waals surface area contributed by atoms with Gasteiger partial charge in [-0.2, -0.15) is 0 Å². The van der Waals surface area contributed by atoms with E-state index in [1.165, 1.54) is 21.5 Å². The minimum Gasteiger partial charge on any atom is -1.00 e. The fraction of sp³-hybridized carbons (Fsp3) is 0.250. The standard InChI is InChI=1S/C32H38O2PSi.BrH/c1-32(2,3)36(5,6)34-30-23-22-26(24-31(30)33-4)25-35(27-16-10-7-11-17-27,28-18-12-8-13-19-28)29-20-14-9-15-21-29;/h7-24H,25H2,1-6H3;1H/q+1;/p-1. The van der Waals surface area contributed by atoms with Crippen molar-refractivity contribution >= 4 is 31.5 Å². The molecule has 0 atom stereocenters. The Balaban J connectivity index is 0.00000380. The fourth-order valence-corrected chi connectivity index (χ4v) is 9.62. The summed E-state index contributed by atoms with van der Waals surface area (Å²) in [5.41, 5.74) is 1.25. The molecular formula is C32H38BrO2PSi. The van der Waals surface area contributed by atoms with Gasteiger partial charge in [0.2, 0.25) is 0 Å². The molecule has 0 heterocycles. The summed E-state index contributed by atoms with van der Waals surface area (Å²) in [7, 11) is -2.22. The van der Waals surface area contributed by atoms with E-state index in [0.717, 1.165) is 17.7 Å². The summed E-state index contributed by atoms with van der Waals surface area (Å²) in [4.78, 5) is 0. The van der Waals surface area contributed by atoms with Crippen LogP contribution >= 0.6 is 7.26 Å². The number of halogens is 1. The second kappa shape index (κ2) is 12.0. The zero-order valence-electron chi connectivity index (χ0n) is 22.7. The van der Waals surface area contributed by atoms with Gasteiger partial charge in [-0.3, -0.25) is 0 Å². The maximum absolute atomic E-state index is 6.65. The first-order valence-electron chi connectivity index (χ1n) is 12.6. The van der Waals surface area contributed by atoms with Gasteiger partial charge in [-0.25, -0.2) is 0 Å². The lowest BCUT2D eigenvalue weighted by atomic mass is 10.2. The second-order valence-electron chi connectivity index (χ2n) is 10.8. The summed E-state index contributed by atoms with van der Waals surface area (Å²) < 4.78 is 12.5. The van der Waals surface area contributed by atoms with Gasteiger partial charge in [-0.1, -0.05) is 81.4 Å². The van der Waals surface area contributed by atoms with Crippen molar-refractivity contribution in [3.05, 3.63) is 115 Å². The van der Waals surface area contributed by atoms with Gasteiger partial charge in [-0.05, 0) is 72.2 Å². The van der Waals surface area contributed by atoms with Crippen molar-refractivity contribution in [2.45, 2.75) is 45.1 Å². The summed E-state index contributed by atoms with van der Waals surface area (Å²) in [6.45, 7) is 11.3. The Bertz CT molecular complexity index is 1180. The number of rotatable bonds is 8. The Kier molecular flexibility index (Phi) is 9.45. The first-order chi connectivity index (χ1) is 17.2. The number of benzene rings is 4. The molecule has 4 aromatic carbocycles. The maximum atomic E-state index is 6.65. The minimum atomic E-state index is -1.99. The van der Waals surface area contributed by atoms with E-state index in [0.29, 0.717) is 0 Å². The van der Waals surface area contributed by atoms with Gasteiger partial charge in [0, 0.05) is 0 Å². The zero-order chi connectivity index (χ0) is 25.8. The Morgan fingerprint density at radius 1 is 0.649 bits per heavy atom. The number of methoxy groups -OCH3 is 1. The van der Waals surface area contributed by atoms with Crippen molar-refractivity contribution < 1.29 is 26.1 Å². The van der Waals surface area contributed by atoms with Gasteiger partial charge >= 0.3 is 0 Å². The molecule has 0 amide bonds. The molecule has 0 unspecified atom stereocenters. The normalized spacial score (nSPS) is 11.9. The molecule has 0 aromatic heterocycles. The highest BCUT2D eigenvalue weighted by molar-refractivity contribution is 7.95. The third-order valence-electron chi connectivity index (χ3n) is 7.41. The molecule has 4 aromatic rings. The van der Waals surface area contributed by atoms with Crippen molar-refractivity contribution in [3.8, 4) is 11.5 Å². The van der Waals surface area contributed by atoms with Crippen LogP contribution in [0.15, 0.2) is 109 Å². The van der Waals surface area contributed by atoms with Gasteiger partial charge in [0.25, 0.3) is 8.32 Å². The molecule has 0 bridgehead atoms. The van der Waals surface area contributed by atoms with Crippen molar-refractivity contribution in [3.63, 3.8) is 0 Å². The van der Waals surface area contributed by atoms with E-state index in [1.54, 1.807) is 7.11 Å². The van der Waals surface area contributed by atoms with Gasteiger partial charge < -0.3 is 26.1 Å². The van der Waals surface area contributed by atoms with Crippen LogP contribution in [0.4, 0.5) is 0 Å². The molecule has 0 fully saturated rings. The molecular weight excluding hydrogens is 555 g/mol. The number of hydrogen-bond donors (Lipinski definition) is 0. The van der Waals surface area contributed by atoms with Crippen LogP contribution in [0.3, 0.4) is 0 Å². The topological polar surface area (TPSA) is 18.5 Å². The molecule has 0 aliphatic rings. The van der Waals surface area contributed by atoms with E-state index in [4.69, 9.17) is 9.16 Å². The van der Waals surface area contributed by atoms with Gasteiger partial charge in [-0.15, -0.1) is 0 Å². The van der Waals surface area contributed by atoms with E-state index in [9.17, 15) is 0 Å². The molecule has 37 heavy (non-hydrogen) atoms. The molecule has 4 rings (SSSR count). The highest BCUT2D eigenvalue weighted by atomic mass is 79.9. The maximum Gasteiger partial charge on any atom is 0.250 e. The van der Waals surface area contributed by atoms with Gasteiger partial charge in [0.15, 0.2) is 5.75 Å². The van der Waals surface area contributed by atoms with Crippen LogP contribution in [0.5, 0.6) is 11.5 Å². The Labute approximate surface area is 235 Å². The molecule has 0 radical (unpaired) electrons. The average molecular weight is 594 g/mol. The van der Waals surface area contributed by atoms with Crippen molar-refractivity contribution in [1.29, 1.82) is 0 Å². The Hall–Kier alpha value is -2.39. The number of hydrogen-bond acceptors (Lipinski definition) is 2. The van der Waals surface area contributed by atoms with Crippen LogP contribution in [-0.2, 0) is 6.16 Å². The molecule has 0 aliphatic heterocycles. The van der Waals surface area contributed by atoms with Crippen LogP contribution in [0.25, 0.3) is 0 Å². The first-order valence-corrected chi connectivity index (χ1v) is 17.5. The van der Waals surface area contributed by atoms with E-state index in [1.807, 2.05) is 0 Å². The summed E-state index contributed by atoms with van der Waals surface area (Å²) in [5, 5.41) is 4.25. The van der Waals surface area contributed by atoms with Crippen molar-refractivity contribution in [2.24, 2.45) is 0 Å². The average Bonchev–Trinajstić information content (AvgIpc) is 2.89. The Morgan fingerprint density at radius 3 is 1.46 bits per heavy atom. The smallest absolute Gasteiger partial charge is 0.250 e.